The van der Waals surface area contributed by atoms with E-state index in [1.807, 2.05) is 0 Å². The lowest BCUT2D eigenvalue weighted by atomic mass is 10.0. The van der Waals surface area contributed by atoms with Gasteiger partial charge in [-0.1, -0.05) is 96.8 Å². The zero-order valence-corrected chi connectivity index (χ0v) is 20.8. The second-order valence-corrected chi connectivity index (χ2v) is 8.64. The first kappa shape index (κ1) is 31.1. The Bertz CT molecular complexity index is 535. The van der Waals surface area contributed by atoms with Crippen LogP contribution in [0.4, 0.5) is 0 Å². The average Bonchev–Trinajstić information content (AvgIpc) is 2.79. The monoisotopic (exact) mass is 469 g/mol. The molecule has 0 aromatic heterocycles. The minimum Gasteiger partial charge on any atom is -0.478 e. The number of rotatable bonds is 23. The molecule has 0 radical (unpaired) electrons. The second kappa shape index (κ2) is 23.3. The molecular formula is C26H47NO6. The van der Waals surface area contributed by atoms with Gasteiger partial charge >= 0.3 is 11.9 Å². The minimum atomic E-state index is -1.23. The number of hydrogen-bond acceptors (Lipinski definition) is 5. The maximum absolute atomic E-state index is 12.3. The number of nitrogens with zero attached hydrogens (tertiary/aromatic N) is 1. The number of aliphatic hydroxyl groups excluding tert-OH is 1. The van der Waals surface area contributed by atoms with Crippen LogP contribution in [0.25, 0.3) is 0 Å². The van der Waals surface area contributed by atoms with E-state index in [9.17, 15) is 14.4 Å². The molecule has 0 saturated heterocycles. The summed E-state index contributed by atoms with van der Waals surface area (Å²) in [5.41, 5.74) is 0. The quantitative estimate of drug-likeness (QED) is 0.120. The molecule has 1 amide bonds. The van der Waals surface area contributed by atoms with Gasteiger partial charge in [0.15, 0.2) is 0 Å². The average molecular weight is 470 g/mol. The van der Waals surface area contributed by atoms with Gasteiger partial charge in [-0.25, -0.2) is 9.59 Å². The van der Waals surface area contributed by atoms with Gasteiger partial charge in [0, 0.05) is 25.1 Å². The Balaban J connectivity index is 3.67. The fourth-order valence-electron chi connectivity index (χ4n) is 3.73. The molecule has 0 aromatic rings. The van der Waals surface area contributed by atoms with Crippen LogP contribution in [0, 0.1) is 0 Å². The van der Waals surface area contributed by atoms with Crippen molar-refractivity contribution in [2.75, 3.05) is 26.3 Å². The van der Waals surface area contributed by atoms with Crippen LogP contribution >= 0.6 is 0 Å². The number of carboxylic acids is 1. The van der Waals surface area contributed by atoms with Crippen LogP contribution in [0.1, 0.15) is 110 Å². The molecule has 7 nitrogen and oxygen atoms in total. The standard InChI is InChI=1S/C26H47NO6/c1-2-3-4-5-6-7-8-9-10-11-12-13-14-15-16-17-24(29)27(20-22-28)21-23-33-26(32)19-18-25(30)31/h18-19,28H,2-17,20-23H2,1H3,(H,30,31)/b19-18+. The fraction of sp³-hybridized carbons (Fsp3) is 0.808. The zero-order chi connectivity index (χ0) is 24.6. The lowest BCUT2D eigenvalue weighted by Gasteiger charge is -2.21. The second-order valence-electron chi connectivity index (χ2n) is 8.64. The predicted octanol–water partition coefficient (Wildman–Crippen LogP) is 5.25. The molecule has 0 unspecified atom stereocenters. The molecule has 0 aliphatic heterocycles. The summed E-state index contributed by atoms with van der Waals surface area (Å²) in [7, 11) is 0. The summed E-state index contributed by atoms with van der Waals surface area (Å²) < 4.78 is 4.89. The first-order chi connectivity index (χ1) is 16.0. The van der Waals surface area contributed by atoms with Crippen LogP contribution in [0.3, 0.4) is 0 Å². The number of ether oxygens (including phenoxy) is 1. The van der Waals surface area contributed by atoms with E-state index in [1.165, 1.54) is 81.9 Å². The summed E-state index contributed by atoms with van der Waals surface area (Å²) in [6, 6.07) is 0. The van der Waals surface area contributed by atoms with Gasteiger partial charge < -0.3 is 19.8 Å². The molecule has 0 atom stereocenters. The van der Waals surface area contributed by atoms with Crippen molar-refractivity contribution in [3.8, 4) is 0 Å². The Labute approximate surface area is 200 Å². The van der Waals surface area contributed by atoms with Crippen molar-refractivity contribution >= 4 is 17.8 Å². The third-order valence-electron chi connectivity index (χ3n) is 5.68. The molecule has 33 heavy (non-hydrogen) atoms. The molecule has 0 heterocycles. The van der Waals surface area contributed by atoms with Gasteiger partial charge in [-0.05, 0) is 6.42 Å². The van der Waals surface area contributed by atoms with E-state index < -0.39 is 11.9 Å². The van der Waals surface area contributed by atoms with Gasteiger partial charge in [0.05, 0.1) is 13.2 Å². The van der Waals surface area contributed by atoms with E-state index in [-0.39, 0.29) is 32.2 Å². The van der Waals surface area contributed by atoms with Crippen molar-refractivity contribution in [2.24, 2.45) is 0 Å². The molecule has 7 heteroatoms. The SMILES string of the molecule is CCCCCCCCCCCCCCCCCC(=O)N(CCO)CCOC(=O)/C=C/C(=O)O. The summed E-state index contributed by atoms with van der Waals surface area (Å²) in [4.78, 5) is 35.6. The highest BCUT2D eigenvalue weighted by Gasteiger charge is 2.13. The number of hydrogen-bond donors (Lipinski definition) is 2. The number of carbonyl (C=O) groups is 3. The summed E-state index contributed by atoms with van der Waals surface area (Å²) in [5, 5.41) is 17.6. The molecule has 0 saturated carbocycles. The van der Waals surface area contributed by atoms with Crippen LogP contribution in [0.2, 0.25) is 0 Å². The molecule has 0 aromatic carbocycles. The highest BCUT2D eigenvalue weighted by Crippen LogP contribution is 2.14. The Kier molecular flexibility index (Phi) is 21.9. The van der Waals surface area contributed by atoms with E-state index in [0.29, 0.717) is 12.5 Å². The first-order valence-corrected chi connectivity index (χ1v) is 13.0. The van der Waals surface area contributed by atoms with Crippen LogP contribution < -0.4 is 0 Å². The number of aliphatic carboxylic acids is 1. The number of aliphatic hydroxyl groups is 1. The molecule has 0 fully saturated rings. The van der Waals surface area contributed by atoms with E-state index in [2.05, 4.69) is 6.92 Å². The van der Waals surface area contributed by atoms with Gasteiger partial charge in [-0.2, -0.15) is 0 Å². The van der Waals surface area contributed by atoms with Crippen molar-refractivity contribution in [3.05, 3.63) is 12.2 Å². The molecule has 0 aliphatic carbocycles. The molecular weight excluding hydrogens is 422 g/mol. The van der Waals surface area contributed by atoms with Crippen molar-refractivity contribution in [3.63, 3.8) is 0 Å². The number of carboxylic acid groups (broad SMARTS) is 1. The molecule has 192 valence electrons. The van der Waals surface area contributed by atoms with Crippen molar-refractivity contribution < 1.29 is 29.3 Å². The number of carbonyl (C=O) groups excluding carboxylic acids is 2. The molecule has 0 bridgehead atoms. The van der Waals surface area contributed by atoms with Crippen molar-refractivity contribution in [1.29, 1.82) is 0 Å². The smallest absolute Gasteiger partial charge is 0.331 e. The van der Waals surface area contributed by atoms with E-state index in [4.69, 9.17) is 14.9 Å². The highest BCUT2D eigenvalue weighted by atomic mass is 16.5. The van der Waals surface area contributed by atoms with Crippen molar-refractivity contribution in [2.45, 2.75) is 110 Å². The normalized spacial score (nSPS) is 11.1. The number of amides is 1. The third-order valence-corrected chi connectivity index (χ3v) is 5.68. The van der Waals surface area contributed by atoms with Gasteiger partial charge in [0.2, 0.25) is 5.91 Å². The highest BCUT2D eigenvalue weighted by molar-refractivity contribution is 5.90. The minimum absolute atomic E-state index is 0.0343. The zero-order valence-electron chi connectivity index (χ0n) is 20.8. The van der Waals surface area contributed by atoms with Gasteiger partial charge in [0.1, 0.15) is 6.61 Å². The lowest BCUT2D eigenvalue weighted by Crippen LogP contribution is -2.36. The van der Waals surface area contributed by atoms with Crippen LogP contribution in [-0.4, -0.2) is 59.3 Å². The third kappa shape index (κ3) is 21.7. The maximum Gasteiger partial charge on any atom is 0.331 e. The molecule has 0 spiro atoms. The van der Waals surface area contributed by atoms with Crippen LogP contribution in [0.5, 0.6) is 0 Å². The summed E-state index contributed by atoms with van der Waals surface area (Å²) >= 11 is 0. The Hall–Kier alpha value is -1.89. The Morgan fingerprint density at radius 2 is 1.21 bits per heavy atom. The molecule has 0 rings (SSSR count). The fourth-order valence-corrected chi connectivity index (χ4v) is 3.73. The Morgan fingerprint density at radius 1 is 0.727 bits per heavy atom. The van der Waals surface area contributed by atoms with E-state index >= 15 is 0 Å². The van der Waals surface area contributed by atoms with Crippen LogP contribution in [0.15, 0.2) is 12.2 Å². The topological polar surface area (TPSA) is 104 Å². The summed E-state index contributed by atoms with van der Waals surface area (Å²) in [6.07, 6.45) is 21.0. The number of unbranched alkanes of at least 4 members (excludes halogenated alkanes) is 14. The number of esters is 1. The maximum atomic E-state index is 12.3. The van der Waals surface area contributed by atoms with E-state index in [1.54, 1.807) is 0 Å². The van der Waals surface area contributed by atoms with Crippen LogP contribution in [-0.2, 0) is 19.1 Å². The molecule has 0 aliphatic rings. The summed E-state index contributed by atoms with van der Waals surface area (Å²) in [6.45, 7) is 2.44. The largest absolute Gasteiger partial charge is 0.478 e. The van der Waals surface area contributed by atoms with E-state index in [0.717, 1.165) is 25.3 Å². The summed E-state index contributed by atoms with van der Waals surface area (Å²) in [5.74, 6) is -2.06. The van der Waals surface area contributed by atoms with Gasteiger partial charge in [-0.15, -0.1) is 0 Å². The predicted molar refractivity (Wildman–Crippen MR) is 131 cm³/mol. The van der Waals surface area contributed by atoms with Gasteiger partial charge in [0.25, 0.3) is 0 Å². The van der Waals surface area contributed by atoms with Crippen molar-refractivity contribution in [1.82, 2.24) is 4.90 Å². The lowest BCUT2D eigenvalue weighted by molar-refractivity contribution is -0.141. The van der Waals surface area contributed by atoms with Gasteiger partial charge in [-0.3, -0.25) is 4.79 Å². The first-order valence-electron chi connectivity index (χ1n) is 13.0. The molecule has 2 N–H and O–H groups in total. The Morgan fingerprint density at radius 3 is 1.67 bits per heavy atom.